The second-order valence-electron chi connectivity index (χ2n) is 6.04. The Morgan fingerprint density at radius 3 is 2.48 bits per heavy atom. The summed E-state index contributed by atoms with van der Waals surface area (Å²) in [5.74, 6) is 0.111. The summed E-state index contributed by atoms with van der Waals surface area (Å²) in [7, 11) is 1.55. The average Bonchev–Trinajstić information content (AvgIpc) is 2.68. The third-order valence-electron chi connectivity index (χ3n) is 4.18. The van der Waals surface area contributed by atoms with Crippen LogP contribution in [0, 0.1) is 0 Å². The molecule has 3 rings (SSSR count). The van der Waals surface area contributed by atoms with Crippen molar-refractivity contribution in [3.05, 3.63) is 65.2 Å². The van der Waals surface area contributed by atoms with Crippen LogP contribution >= 0.6 is 0 Å². The molecule has 0 radical (unpaired) electrons. The SMILES string of the molecule is COc1ccc(N(CC(=O)Cn2cnc3ccccc3c2=O)C(C)=O)cc1. The number of ether oxygens (including phenoxy) is 1. The molecule has 2 aromatic carbocycles. The van der Waals surface area contributed by atoms with Crippen molar-refractivity contribution < 1.29 is 14.3 Å². The monoisotopic (exact) mass is 365 g/mol. The number of anilines is 1. The molecule has 0 saturated carbocycles. The number of ketones is 1. The Hall–Kier alpha value is -3.48. The molecule has 0 saturated heterocycles. The van der Waals surface area contributed by atoms with Crippen LogP contribution in [-0.2, 0) is 16.1 Å². The van der Waals surface area contributed by atoms with Crippen LogP contribution in [0.4, 0.5) is 5.69 Å². The fraction of sp³-hybridized carbons (Fsp3) is 0.200. The fourth-order valence-corrected chi connectivity index (χ4v) is 2.78. The molecule has 7 nitrogen and oxygen atoms in total. The molecule has 1 aromatic heterocycles. The number of hydrogen-bond donors (Lipinski definition) is 0. The molecule has 27 heavy (non-hydrogen) atoms. The number of rotatable bonds is 6. The lowest BCUT2D eigenvalue weighted by molar-refractivity contribution is -0.122. The first-order chi connectivity index (χ1) is 13.0. The number of aromatic nitrogens is 2. The Kier molecular flexibility index (Phi) is 5.30. The summed E-state index contributed by atoms with van der Waals surface area (Å²) in [6, 6.07) is 13.8. The van der Waals surface area contributed by atoms with E-state index in [1.807, 2.05) is 0 Å². The van der Waals surface area contributed by atoms with Gasteiger partial charge in [-0.25, -0.2) is 4.98 Å². The molecule has 0 aliphatic carbocycles. The summed E-state index contributed by atoms with van der Waals surface area (Å²) >= 11 is 0. The van der Waals surface area contributed by atoms with Crippen molar-refractivity contribution in [3.63, 3.8) is 0 Å². The molecule has 1 amide bonds. The second kappa shape index (κ2) is 7.82. The lowest BCUT2D eigenvalue weighted by Crippen LogP contribution is -2.36. The Morgan fingerprint density at radius 1 is 1.11 bits per heavy atom. The van der Waals surface area contributed by atoms with E-state index in [0.717, 1.165) is 0 Å². The molecule has 138 valence electrons. The molecule has 0 fully saturated rings. The van der Waals surface area contributed by atoms with E-state index >= 15 is 0 Å². The van der Waals surface area contributed by atoms with Gasteiger partial charge in [0.1, 0.15) is 5.75 Å². The lowest BCUT2D eigenvalue weighted by Gasteiger charge is -2.21. The van der Waals surface area contributed by atoms with Crippen LogP contribution in [0.25, 0.3) is 10.9 Å². The maximum Gasteiger partial charge on any atom is 0.261 e. The van der Waals surface area contributed by atoms with Gasteiger partial charge < -0.3 is 9.64 Å². The molecule has 1 heterocycles. The minimum atomic E-state index is -0.284. The minimum Gasteiger partial charge on any atom is -0.497 e. The summed E-state index contributed by atoms with van der Waals surface area (Å²) < 4.78 is 6.36. The second-order valence-corrected chi connectivity index (χ2v) is 6.04. The van der Waals surface area contributed by atoms with Crippen LogP contribution in [0.5, 0.6) is 5.75 Å². The van der Waals surface area contributed by atoms with Gasteiger partial charge in [-0.1, -0.05) is 12.1 Å². The van der Waals surface area contributed by atoms with Crippen molar-refractivity contribution in [3.8, 4) is 5.75 Å². The van der Waals surface area contributed by atoms with Gasteiger partial charge in [-0.3, -0.25) is 19.0 Å². The first-order valence-electron chi connectivity index (χ1n) is 8.37. The zero-order valence-corrected chi connectivity index (χ0v) is 15.1. The highest BCUT2D eigenvalue weighted by molar-refractivity contribution is 5.98. The number of benzene rings is 2. The van der Waals surface area contributed by atoms with Gasteiger partial charge in [0.2, 0.25) is 5.91 Å². The zero-order chi connectivity index (χ0) is 19.4. The number of methoxy groups -OCH3 is 1. The van der Waals surface area contributed by atoms with Crippen molar-refractivity contribution in [2.24, 2.45) is 0 Å². The minimum absolute atomic E-state index is 0.138. The molecule has 0 atom stereocenters. The third-order valence-corrected chi connectivity index (χ3v) is 4.18. The molecule has 0 bridgehead atoms. The van der Waals surface area contributed by atoms with Crippen LogP contribution in [0.3, 0.4) is 0 Å². The first kappa shape index (κ1) is 18.3. The predicted molar refractivity (Wildman–Crippen MR) is 102 cm³/mol. The molecular weight excluding hydrogens is 346 g/mol. The number of carbonyl (C=O) groups is 2. The van der Waals surface area contributed by atoms with Crippen LogP contribution in [0.2, 0.25) is 0 Å². The summed E-state index contributed by atoms with van der Waals surface area (Å²) in [4.78, 5) is 42.6. The number of amides is 1. The Bertz CT molecular complexity index is 1040. The van der Waals surface area contributed by atoms with Crippen LogP contribution in [0.15, 0.2) is 59.7 Å². The number of nitrogens with zero attached hydrogens (tertiary/aromatic N) is 3. The van der Waals surface area contributed by atoms with E-state index in [2.05, 4.69) is 4.98 Å². The molecule has 7 heteroatoms. The number of para-hydroxylation sites is 1. The molecule has 0 N–H and O–H groups in total. The predicted octanol–water partition coefficient (Wildman–Crippen LogP) is 2.03. The molecule has 3 aromatic rings. The number of Topliss-reactive ketones (excluding diaryl/α,β-unsaturated/α-hetero) is 1. The first-order valence-corrected chi connectivity index (χ1v) is 8.37. The topological polar surface area (TPSA) is 81.5 Å². The number of fused-ring (bicyclic) bond motifs is 1. The Balaban J connectivity index is 1.79. The van der Waals surface area contributed by atoms with Crippen molar-refractivity contribution in [2.75, 3.05) is 18.6 Å². The summed E-state index contributed by atoms with van der Waals surface area (Å²) in [5, 5.41) is 0.450. The molecule has 0 aliphatic heterocycles. The van der Waals surface area contributed by atoms with Crippen LogP contribution < -0.4 is 15.2 Å². The van der Waals surface area contributed by atoms with E-state index in [1.165, 1.54) is 22.7 Å². The maximum absolute atomic E-state index is 12.5. The Labute approximate surface area is 155 Å². The zero-order valence-electron chi connectivity index (χ0n) is 15.1. The Morgan fingerprint density at radius 2 is 1.81 bits per heavy atom. The van der Waals surface area contributed by atoms with Gasteiger partial charge in [-0.2, -0.15) is 0 Å². The standard InChI is InChI=1S/C20H19N3O4/c1-14(24)23(15-7-9-17(27-2)10-8-15)12-16(25)11-22-13-21-19-6-4-3-5-18(19)20(22)26/h3-10,13H,11-12H2,1-2H3. The van der Waals surface area contributed by atoms with Crippen molar-refractivity contribution in [2.45, 2.75) is 13.5 Å². The molecule has 0 spiro atoms. The van der Waals surface area contributed by atoms with Gasteiger partial charge in [0, 0.05) is 12.6 Å². The molecule has 0 unspecified atom stereocenters. The smallest absolute Gasteiger partial charge is 0.261 e. The lowest BCUT2D eigenvalue weighted by atomic mass is 10.2. The van der Waals surface area contributed by atoms with E-state index < -0.39 is 0 Å². The fourth-order valence-electron chi connectivity index (χ4n) is 2.78. The number of hydrogen-bond acceptors (Lipinski definition) is 5. The van der Waals surface area contributed by atoms with Crippen molar-refractivity contribution in [1.29, 1.82) is 0 Å². The summed E-state index contributed by atoms with van der Waals surface area (Å²) in [6.45, 7) is 1.10. The van der Waals surface area contributed by atoms with E-state index in [0.29, 0.717) is 22.3 Å². The summed E-state index contributed by atoms with van der Waals surface area (Å²) in [6.07, 6.45) is 1.36. The van der Waals surface area contributed by atoms with Gasteiger partial charge >= 0.3 is 0 Å². The van der Waals surface area contributed by atoms with Gasteiger partial charge in [-0.05, 0) is 36.4 Å². The van der Waals surface area contributed by atoms with E-state index in [-0.39, 0.29) is 30.3 Å². The highest BCUT2D eigenvalue weighted by Gasteiger charge is 2.17. The average molecular weight is 365 g/mol. The quantitative estimate of drug-likeness (QED) is 0.668. The molecule has 0 aliphatic rings. The normalized spacial score (nSPS) is 10.6. The van der Waals surface area contributed by atoms with Gasteiger partial charge in [0.05, 0.1) is 37.4 Å². The number of carbonyl (C=O) groups excluding carboxylic acids is 2. The van der Waals surface area contributed by atoms with E-state index in [9.17, 15) is 14.4 Å². The highest BCUT2D eigenvalue weighted by Crippen LogP contribution is 2.19. The van der Waals surface area contributed by atoms with Crippen LogP contribution in [-0.4, -0.2) is 34.9 Å². The van der Waals surface area contributed by atoms with E-state index in [1.54, 1.807) is 55.6 Å². The van der Waals surface area contributed by atoms with Gasteiger partial charge in [0.25, 0.3) is 5.56 Å². The highest BCUT2D eigenvalue weighted by atomic mass is 16.5. The van der Waals surface area contributed by atoms with Crippen molar-refractivity contribution in [1.82, 2.24) is 9.55 Å². The van der Waals surface area contributed by atoms with Gasteiger partial charge in [0.15, 0.2) is 5.78 Å². The van der Waals surface area contributed by atoms with Crippen molar-refractivity contribution >= 4 is 28.3 Å². The van der Waals surface area contributed by atoms with Gasteiger partial charge in [-0.15, -0.1) is 0 Å². The van der Waals surface area contributed by atoms with E-state index in [4.69, 9.17) is 4.74 Å². The van der Waals surface area contributed by atoms with Crippen LogP contribution in [0.1, 0.15) is 6.92 Å². The summed E-state index contributed by atoms with van der Waals surface area (Å²) in [5.41, 5.74) is 0.878. The largest absolute Gasteiger partial charge is 0.497 e. The maximum atomic E-state index is 12.5. The molecular formula is C20H19N3O4. The third kappa shape index (κ3) is 4.03.